The van der Waals surface area contributed by atoms with Crippen molar-refractivity contribution in [3.63, 3.8) is 0 Å². The van der Waals surface area contributed by atoms with Gasteiger partial charge in [-0.1, -0.05) is 36.4 Å². The lowest BCUT2D eigenvalue weighted by Crippen LogP contribution is -2.53. The van der Waals surface area contributed by atoms with Crippen LogP contribution in [0.25, 0.3) is 0 Å². The molecule has 192 valence electrons. The maximum Gasteiger partial charge on any atom is 0.311 e. The summed E-state index contributed by atoms with van der Waals surface area (Å²) >= 11 is 1.56. The van der Waals surface area contributed by atoms with Crippen LogP contribution in [0.5, 0.6) is 0 Å². The Bertz CT molecular complexity index is 1150. The second-order valence-electron chi connectivity index (χ2n) is 10.5. The number of hydrogen-bond donors (Lipinski definition) is 1. The SMILES string of the molecule is Cc1ccc(C)c(N2CC=C[C@]34S[C@@]5(C)C=CCCOC(=O)[C@H]5[C@H]3C(=O)N(CCCCO)C4C2=O)c1. The number of ether oxygens (including phenoxy) is 1. The number of likely N-dealkylation sites (tertiary alicyclic amines) is 1. The molecule has 5 rings (SSSR count). The summed E-state index contributed by atoms with van der Waals surface area (Å²) < 4.78 is 4.04. The number of aliphatic hydroxyl groups is 1. The predicted octanol–water partition coefficient (Wildman–Crippen LogP) is 3.17. The fourth-order valence-electron chi connectivity index (χ4n) is 6.35. The van der Waals surface area contributed by atoms with Crippen LogP contribution in [-0.2, 0) is 19.1 Å². The zero-order chi connectivity index (χ0) is 25.7. The second kappa shape index (κ2) is 9.38. The molecule has 1 spiro atoms. The fraction of sp³-hybridized carbons (Fsp3) is 0.536. The predicted molar refractivity (Wildman–Crippen MR) is 140 cm³/mol. The van der Waals surface area contributed by atoms with Gasteiger partial charge in [0.15, 0.2) is 0 Å². The van der Waals surface area contributed by atoms with Crippen LogP contribution >= 0.6 is 11.8 Å². The van der Waals surface area contributed by atoms with E-state index in [0.29, 0.717) is 39.0 Å². The Labute approximate surface area is 216 Å². The quantitative estimate of drug-likeness (QED) is 0.372. The molecular weight excluding hydrogens is 476 g/mol. The van der Waals surface area contributed by atoms with E-state index in [1.807, 2.05) is 63.3 Å². The lowest BCUT2D eigenvalue weighted by atomic mass is 9.74. The Balaban J connectivity index is 1.64. The molecule has 4 aliphatic rings. The van der Waals surface area contributed by atoms with E-state index in [1.54, 1.807) is 21.6 Å². The van der Waals surface area contributed by atoms with E-state index in [4.69, 9.17) is 4.74 Å². The van der Waals surface area contributed by atoms with Crippen LogP contribution in [0.4, 0.5) is 5.69 Å². The van der Waals surface area contributed by atoms with E-state index in [-0.39, 0.29) is 24.4 Å². The normalized spacial score (nSPS) is 33.6. The zero-order valence-electron chi connectivity index (χ0n) is 21.1. The Morgan fingerprint density at radius 1 is 1.08 bits per heavy atom. The van der Waals surface area contributed by atoms with E-state index in [2.05, 4.69) is 0 Å². The van der Waals surface area contributed by atoms with E-state index in [0.717, 1.165) is 16.8 Å². The van der Waals surface area contributed by atoms with Crippen molar-refractivity contribution in [1.29, 1.82) is 0 Å². The summed E-state index contributed by atoms with van der Waals surface area (Å²) in [6.45, 7) is 7.05. The molecule has 0 saturated carbocycles. The lowest BCUT2D eigenvalue weighted by molar-refractivity contribution is -0.154. The van der Waals surface area contributed by atoms with Crippen molar-refractivity contribution in [3.05, 3.63) is 53.6 Å². The van der Waals surface area contributed by atoms with Crippen molar-refractivity contribution in [1.82, 2.24) is 4.90 Å². The molecule has 1 N–H and O–H groups in total. The van der Waals surface area contributed by atoms with Crippen LogP contribution in [0.2, 0.25) is 0 Å². The molecular formula is C28H34N2O5S. The third kappa shape index (κ3) is 3.80. The number of unbranched alkanes of at least 4 members (excludes halogenated alkanes) is 1. The van der Waals surface area contributed by atoms with Gasteiger partial charge < -0.3 is 19.6 Å². The molecule has 7 nitrogen and oxygen atoms in total. The van der Waals surface area contributed by atoms with Crippen molar-refractivity contribution >= 4 is 35.2 Å². The van der Waals surface area contributed by atoms with E-state index in [9.17, 15) is 19.5 Å². The summed E-state index contributed by atoms with van der Waals surface area (Å²) in [6, 6.07) is 5.30. The summed E-state index contributed by atoms with van der Waals surface area (Å²) in [5.41, 5.74) is 2.89. The topological polar surface area (TPSA) is 87.2 Å². The molecule has 2 saturated heterocycles. The molecule has 8 heteroatoms. The van der Waals surface area contributed by atoms with Crippen molar-refractivity contribution in [2.75, 3.05) is 31.2 Å². The van der Waals surface area contributed by atoms with Gasteiger partial charge in [-0.25, -0.2) is 0 Å². The van der Waals surface area contributed by atoms with Crippen molar-refractivity contribution < 1.29 is 24.2 Å². The number of cyclic esters (lactones) is 1. The Kier molecular flexibility index (Phi) is 6.53. The number of fused-ring (bicyclic) bond motifs is 2. The Morgan fingerprint density at radius 3 is 2.67 bits per heavy atom. The number of aryl methyl sites for hydroxylation is 2. The highest BCUT2D eigenvalue weighted by Crippen LogP contribution is 2.65. The highest BCUT2D eigenvalue weighted by Gasteiger charge is 2.73. The molecule has 2 amide bonds. The summed E-state index contributed by atoms with van der Waals surface area (Å²) in [5, 5.41) is 9.36. The van der Waals surface area contributed by atoms with E-state index >= 15 is 0 Å². The van der Waals surface area contributed by atoms with E-state index < -0.39 is 27.4 Å². The Morgan fingerprint density at radius 2 is 1.89 bits per heavy atom. The monoisotopic (exact) mass is 510 g/mol. The number of esters is 1. The molecule has 1 aromatic carbocycles. The summed E-state index contributed by atoms with van der Waals surface area (Å²) in [5.74, 6) is -2.04. The summed E-state index contributed by atoms with van der Waals surface area (Å²) in [7, 11) is 0. The number of nitrogens with zero attached hydrogens (tertiary/aromatic N) is 2. The van der Waals surface area contributed by atoms with Crippen LogP contribution in [0, 0.1) is 25.7 Å². The highest BCUT2D eigenvalue weighted by molar-refractivity contribution is 8.02. The van der Waals surface area contributed by atoms with Gasteiger partial charge in [-0.2, -0.15) is 0 Å². The smallest absolute Gasteiger partial charge is 0.311 e. The number of amides is 2. The zero-order valence-corrected chi connectivity index (χ0v) is 21.9. The molecule has 4 heterocycles. The van der Waals surface area contributed by atoms with Crippen molar-refractivity contribution in [2.45, 2.75) is 55.6 Å². The molecule has 5 atom stereocenters. The standard InChI is InChI=1S/C28H34N2O5S/c1-18-9-10-19(2)20(17-18)29-14-8-12-28-21(22-26(34)35-16-7-4-11-27(22,3)36-28)24(32)30(13-5-6-15-31)23(28)25(29)33/h4,8-12,17,21-23,31H,5-7,13-16H2,1-3H3/t21-,22+,23?,27-,28-/m0/s1. The Hall–Kier alpha value is -2.58. The van der Waals surface area contributed by atoms with Gasteiger partial charge in [-0.3, -0.25) is 14.4 Å². The number of carbonyl (C=O) groups excluding carboxylic acids is 3. The van der Waals surface area contributed by atoms with Crippen LogP contribution < -0.4 is 4.90 Å². The molecule has 0 bridgehead atoms. The number of rotatable bonds is 5. The first-order valence-electron chi connectivity index (χ1n) is 12.8. The van der Waals surface area contributed by atoms with Gasteiger partial charge in [0.05, 0.1) is 23.2 Å². The molecule has 4 aliphatic heterocycles. The van der Waals surface area contributed by atoms with Gasteiger partial charge in [-0.15, -0.1) is 11.8 Å². The first-order chi connectivity index (χ1) is 17.2. The molecule has 1 unspecified atom stereocenters. The van der Waals surface area contributed by atoms with Crippen LogP contribution in [0.15, 0.2) is 42.5 Å². The average Bonchev–Trinajstić information content (AvgIpc) is 3.14. The molecule has 1 aromatic rings. The van der Waals surface area contributed by atoms with Crippen LogP contribution in [0.1, 0.15) is 37.3 Å². The summed E-state index contributed by atoms with van der Waals surface area (Å²) in [6.07, 6.45) is 9.83. The minimum absolute atomic E-state index is 0.0241. The van der Waals surface area contributed by atoms with Gasteiger partial charge in [0.1, 0.15) is 6.04 Å². The molecule has 0 radical (unpaired) electrons. The second-order valence-corrected chi connectivity index (χ2v) is 12.3. The number of carbonyl (C=O) groups is 3. The van der Waals surface area contributed by atoms with Gasteiger partial charge in [0.25, 0.3) is 5.91 Å². The van der Waals surface area contributed by atoms with Gasteiger partial charge in [0, 0.05) is 30.1 Å². The number of hydrogen-bond acceptors (Lipinski definition) is 6. The maximum atomic E-state index is 14.4. The van der Waals surface area contributed by atoms with Crippen molar-refractivity contribution in [2.24, 2.45) is 11.8 Å². The molecule has 36 heavy (non-hydrogen) atoms. The average molecular weight is 511 g/mol. The highest BCUT2D eigenvalue weighted by atomic mass is 32.2. The first-order valence-corrected chi connectivity index (χ1v) is 13.6. The van der Waals surface area contributed by atoms with Gasteiger partial charge in [0.2, 0.25) is 5.91 Å². The lowest BCUT2D eigenvalue weighted by Gasteiger charge is -2.37. The third-order valence-corrected chi connectivity index (χ3v) is 9.78. The fourth-order valence-corrected chi connectivity index (χ4v) is 8.50. The number of benzene rings is 1. The molecule has 2 fully saturated rings. The van der Waals surface area contributed by atoms with Gasteiger partial charge >= 0.3 is 5.97 Å². The largest absolute Gasteiger partial charge is 0.465 e. The first kappa shape index (κ1) is 25.1. The molecule has 0 aromatic heterocycles. The number of thioether (sulfide) groups is 1. The van der Waals surface area contributed by atoms with E-state index in [1.165, 1.54) is 0 Å². The minimum atomic E-state index is -0.882. The van der Waals surface area contributed by atoms with Crippen LogP contribution in [0.3, 0.4) is 0 Å². The maximum absolute atomic E-state index is 14.4. The van der Waals surface area contributed by atoms with Crippen molar-refractivity contribution in [3.8, 4) is 0 Å². The van der Waals surface area contributed by atoms with Crippen LogP contribution in [-0.4, -0.2) is 69.6 Å². The third-order valence-electron chi connectivity index (χ3n) is 7.98. The number of anilines is 1. The summed E-state index contributed by atoms with van der Waals surface area (Å²) in [4.78, 5) is 45.3. The molecule has 0 aliphatic carbocycles. The number of aliphatic hydroxyl groups excluding tert-OH is 1. The van der Waals surface area contributed by atoms with Gasteiger partial charge in [-0.05, 0) is 57.2 Å². The minimum Gasteiger partial charge on any atom is -0.465 e.